The van der Waals surface area contributed by atoms with Crippen LogP contribution in [0.4, 0.5) is 20.3 Å². The third kappa shape index (κ3) is 3.39. The molecule has 2 aliphatic heterocycles. The second kappa shape index (κ2) is 7.31. The molecule has 6 rings (SSSR count). The minimum absolute atomic E-state index is 0.0220. The van der Waals surface area contributed by atoms with Crippen molar-refractivity contribution < 1.29 is 18.4 Å². The summed E-state index contributed by atoms with van der Waals surface area (Å²) in [4.78, 5) is 38.8. The summed E-state index contributed by atoms with van der Waals surface area (Å²) < 4.78 is 26.4. The van der Waals surface area contributed by atoms with Crippen LogP contribution in [-0.4, -0.2) is 57.0 Å². The van der Waals surface area contributed by atoms with Crippen molar-refractivity contribution in [2.75, 3.05) is 22.9 Å². The van der Waals surface area contributed by atoms with Crippen LogP contribution in [0.2, 0.25) is 0 Å². The van der Waals surface area contributed by atoms with E-state index in [-0.39, 0.29) is 24.1 Å². The lowest BCUT2D eigenvalue weighted by Crippen LogP contribution is -2.55. The van der Waals surface area contributed by atoms with Crippen molar-refractivity contribution in [1.29, 1.82) is 0 Å². The Hall–Kier alpha value is -3.89. The molecule has 0 aromatic carbocycles. The van der Waals surface area contributed by atoms with Crippen LogP contribution in [0.15, 0.2) is 36.0 Å². The second-order valence-corrected chi connectivity index (χ2v) is 8.88. The van der Waals surface area contributed by atoms with Gasteiger partial charge in [0.1, 0.15) is 5.69 Å². The van der Waals surface area contributed by atoms with Gasteiger partial charge in [-0.3, -0.25) is 19.6 Å². The largest absolute Gasteiger partial charge is 0.366 e. The number of fused-ring (bicyclic) bond motifs is 5. The predicted molar refractivity (Wildman–Crippen MR) is 120 cm³/mol. The lowest BCUT2D eigenvalue weighted by atomic mass is 9.98. The predicted octanol–water partition coefficient (Wildman–Crippen LogP) is 2.48. The van der Waals surface area contributed by atoms with Gasteiger partial charge in [0.05, 0.1) is 29.5 Å². The van der Waals surface area contributed by atoms with Gasteiger partial charge in [0.2, 0.25) is 5.91 Å². The highest BCUT2D eigenvalue weighted by Gasteiger charge is 2.47. The zero-order valence-corrected chi connectivity index (χ0v) is 18.3. The summed E-state index contributed by atoms with van der Waals surface area (Å²) in [7, 11) is 0. The van der Waals surface area contributed by atoms with Gasteiger partial charge in [0.15, 0.2) is 11.5 Å². The van der Waals surface area contributed by atoms with Crippen molar-refractivity contribution in [2.45, 2.75) is 38.2 Å². The zero-order valence-electron chi connectivity index (χ0n) is 18.3. The Morgan fingerprint density at radius 3 is 2.85 bits per heavy atom. The van der Waals surface area contributed by atoms with Crippen molar-refractivity contribution >= 4 is 34.4 Å². The number of rotatable bonds is 4. The summed E-state index contributed by atoms with van der Waals surface area (Å²) in [6.45, 7) is 3.38. The number of anilines is 2. The number of halogens is 2. The Kier molecular flexibility index (Phi) is 4.45. The Bertz CT molecular complexity index is 1380. The number of hydrogen-bond donors (Lipinski definition) is 2. The fourth-order valence-electron chi connectivity index (χ4n) is 4.74. The maximum absolute atomic E-state index is 13.6. The second-order valence-electron chi connectivity index (χ2n) is 8.88. The highest BCUT2D eigenvalue weighted by Crippen LogP contribution is 2.40. The first-order chi connectivity index (χ1) is 16.3. The van der Waals surface area contributed by atoms with E-state index in [0.29, 0.717) is 29.8 Å². The standard InChI is InChI=1S/C23H21F2N7O2/c1-12-4-5-14-16(29-30-20(14)26-12)9-19(33)32-13-3-2-8-31(11-13)17-7-6-15(27-21(17)32)22(34)28-18-10-23(18,24)25/h4-7,10,13H,2-3,8-9,11H2,1H3,(H,28,34)(H,26,29,30)/t13-/m0/s1. The first kappa shape index (κ1) is 20.7. The monoisotopic (exact) mass is 465 g/mol. The number of nitrogens with zero attached hydrogens (tertiary/aromatic N) is 5. The molecule has 3 aromatic heterocycles. The molecule has 1 aliphatic carbocycles. The molecule has 0 unspecified atom stereocenters. The van der Waals surface area contributed by atoms with Crippen LogP contribution >= 0.6 is 0 Å². The smallest absolute Gasteiger partial charge is 0.308 e. The number of piperidine rings is 1. The van der Waals surface area contributed by atoms with Crippen molar-refractivity contribution in [3.05, 3.63) is 53.1 Å². The molecule has 3 aromatic rings. The maximum Gasteiger partial charge on any atom is 0.308 e. The van der Waals surface area contributed by atoms with E-state index >= 15 is 0 Å². The number of hydrogen-bond acceptors (Lipinski definition) is 6. The topological polar surface area (TPSA) is 107 Å². The summed E-state index contributed by atoms with van der Waals surface area (Å²) in [6.07, 6.45) is 2.45. The number of aromatic nitrogens is 4. The quantitative estimate of drug-likeness (QED) is 0.613. The number of carbonyl (C=O) groups excluding carboxylic acids is 2. The zero-order chi connectivity index (χ0) is 23.6. The highest BCUT2D eigenvalue weighted by atomic mass is 19.3. The number of allylic oxidation sites excluding steroid dienone is 2. The average molecular weight is 465 g/mol. The van der Waals surface area contributed by atoms with Gasteiger partial charge in [-0.2, -0.15) is 13.9 Å². The minimum Gasteiger partial charge on any atom is -0.366 e. The number of amides is 2. The van der Waals surface area contributed by atoms with Crippen LogP contribution in [0.25, 0.3) is 11.0 Å². The van der Waals surface area contributed by atoms with Gasteiger partial charge in [-0.25, -0.2) is 9.97 Å². The molecule has 9 nitrogen and oxygen atoms in total. The van der Waals surface area contributed by atoms with Gasteiger partial charge in [-0.1, -0.05) is 0 Å². The highest BCUT2D eigenvalue weighted by molar-refractivity contribution is 6.01. The number of carbonyl (C=O) groups is 2. The fourth-order valence-corrected chi connectivity index (χ4v) is 4.74. The molecule has 2 N–H and O–H groups in total. The third-order valence-electron chi connectivity index (χ3n) is 6.50. The molecule has 0 saturated carbocycles. The summed E-state index contributed by atoms with van der Waals surface area (Å²) >= 11 is 0. The molecule has 1 saturated heterocycles. The lowest BCUT2D eigenvalue weighted by molar-refractivity contribution is -0.118. The van der Waals surface area contributed by atoms with E-state index in [1.807, 2.05) is 19.1 Å². The van der Waals surface area contributed by atoms with Gasteiger partial charge in [-0.05, 0) is 44.0 Å². The van der Waals surface area contributed by atoms with Crippen LogP contribution < -0.4 is 15.1 Å². The summed E-state index contributed by atoms with van der Waals surface area (Å²) in [5.74, 6) is -3.62. The van der Waals surface area contributed by atoms with E-state index in [1.165, 1.54) is 6.07 Å². The molecule has 1 fully saturated rings. The van der Waals surface area contributed by atoms with Gasteiger partial charge in [0.25, 0.3) is 5.91 Å². The molecule has 0 spiro atoms. The number of aromatic amines is 1. The molecule has 3 aliphatic rings. The van der Waals surface area contributed by atoms with Crippen LogP contribution in [0.1, 0.15) is 34.7 Å². The first-order valence-corrected chi connectivity index (χ1v) is 11.1. The van der Waals surface area contributed by atoms with E-state index in [0.717, 1.165) is 36.2 Å². The maximum atomic E-state index is 13.6. The van der Waals surface area contributed by atoms with Crippen molar-refractivity contribution in [2.24, 2.45) is 0 Å². The molecule has 11 heteroatoms. The molecule has 2 bridgehead atoms. The molecule has 5 heterocycles. The van der Waals surface area contributed by atoms with Crippen molar-refractivity contribution in [1.82, 2.24) is 25.5 Å². The van der Waals surface area contributed by atoms with E-state index < -0.39 is 17.5 Å². The lowest BCUT2D eigenvalue weighted by Gasteiger charge is -2.46. The van der Waals surface area contributed by atoms with Gasteiger partial charge >= 0.3 is 5.92 Å². The Labute approximate surface area is 192 Å². The van der Waals surface area contributed by atoms with Gasteiger partial charge in [0, 0.05) is 30.2 Å². The van der Waals surface area contributed by atoms with Crippen molar-refractivity contribution in [3.63, 3.8) is 0 Å². The summed E-state index contributed by atoms with van der Waals surface area (Å²) in [6, 6.07) is 6.89. The Morgan fingerprint density at radius 2 is 2.06 bits per heavy atom. The van der Waals surface area contributed by atoms with Gasteiger partial charge in [-0.15, -0.1) is 0 Å². The van der Waals surface area contributed by atoms with E-state index in [1.54, 1.807) is 11.0 Å². The number of aryl methyl sites for hydroxylation is 1. The summed E-state index contributed by atoms with van der Waals surface area (Å²) in [5, 5.41) is 10.2. The SMILES string of the molecule is Cc1ccc2c(CC(=O)N3c4nc(C(=O)NC5=CC5(F)F)ccc4N4CCC[C@H]3C4)n[nH]c2n1. The van der Waals surface area contributed by atoms with Crippen LogP contribution in [0.3, 0.4) is 0 Å². The number of nitrogens with one attached hydrogen (secondary N) is 2. The molecular weight excluding hydrogens is 444 g/mol. The van der Waals surface area contributed by atoms with E-state index in [2.05, 4.69) is 30.4 Å². The van der Waals surface area contributed by atoms with E-state index in [9.17, 15) is 18.4 Å². The number of pyridine rings is 2. The summed E-state index contributed by atoms with van der Waals surface area (Å²) in [5.41, 5.74) is 2.35. The number of alkyl halides is 2. The Balaban J connectivity index is 1.33. The molecule has 1 atom stereocenters. The molecule has 174 valence electrons. The van der Waals surface area contributed by atoms with Gasteiger partial charge < -0.3 is 10.2 Å². The molecule has 34 heavy (non-hydrogen) atoms. The number of H-pyrrole nitrogens is 1. The average Bonchev–Trinajstić information content (AvgIpc) is 3.22. The molecule has 2 amide bonds. The van der Waals surface area contributed by atoms with Crippen LogP contribution in [0.5, 0.6) is 0 Å². The molecule has 0 radical (unpaired) electrons. The normalized spacial score (nSPS) is 20.1. The third-order valence-corrected chi connectivity index (χ3v) is 6.50. The van der Waals surface area contributed by atoms with Crippen molar-refractivity contribution in [3.8, 4) is 0 Å². The minimum atomic E-state index is -3.08. The Morgan fingerprint density at radius 1 is 1.24 bits per heavy atom. The van der Waals surface area contributed by atoms with Crippen LogP contribution in [-0.2, 0) is 11.2 Å². The van der Waals surface area contributed by atoms with E-state index in [4.69, 9.17) is 0 Å². The van der Waals surface area contributed by atoms with Crippen LogP contribution in [0, 0.1) is 6.92 Å². The first-order valence-electron chi connectivity index (χ1n) is 11.1. The molecular formula is C23H21F2N7O2. The fraction of sp³-hybridized carbons (Fsp3) is 0.348.